The molecule has 0 atom stereocenters. The van der Waals surface area contributed by atoms with E-state index in [0.29, 0.717) is 12.5 Å². The van der Waals surface area contributed by atoms with Gasteiger partial charge in [0.15, 0.2) is 0 Å². The van der Waals surface area contributed by atoms with E-state index in [4.69, 9.17) is 10.5 Å². The van der Waals surface area contributed by atoms with Gasteiger partial charge in [0.2, 0.25) is 0 Å². The molecule has 0 spiro atoms. The van der Waals surface area contributed by atoms with Crippen molar-refractivity contribution in [3.63, 3.8) is 0 Å². The van der Waals surface area contributed by atoms with E-state index in [0.717, 1.165) is 52.1 Å². The maximum atomic E-state index is 11.8. The standard InChI is InChI=1S/C13H27N3O2/c1-12(2)11-18-13(17)16-8-4-7-15(9-10-16)6-3-5-14/h12H,3-11,14H2,1-2H3. The van der Waals surface area contributed by atoms with E-state index in [1.54, 1.807) is 0 Å². The zero-order valence-corrected chi connectivity index (χ0v) is 11.7. The molecule has 0 radical (unpaired) electrons. The molecule has 2 N–H and O–H groups in total. The summed E-state index contributed by atoms with van der Waals surface area (Å²) < 4.78 is 5.26. The van der Waals surface area contributed by atoms with Crippen LogP contribution in [-0.2, 0) is 4.74 Å². The Morgan fingerprint density at radius 1 is 1.28 bits per heavy atom. The third-order valence-corrected chi connectivity index (χ3v) is 3.07. The predicted octanol–water partition coefficient (Wildman–Crippen LogP) is 1.14. The molecule has 1 heterocycles. The molecule has 106 valence electrons. The lowest BCUT2D eigenvalue weighted by Gasteiger charge is -2.21. The maximum Gasteiger partial charge on any atom is 0.409 e. The molecular formula is C13H27N3O2. The molecule has 0 aliphatic carbocycles. The highest BCUT2D eigenvalue weighted by atomic mass is 16.6. The largest absolute Gasteiger partial charge is 0.449 e. The van der Waals surface area contributed by atoms with Gasteiger partial charge in [-0.05, 0) is 38.4 Å². The summed E-state index contributed by atoms with van der Waals surface area (Å²) in [6.45, 7) is 9.91. The van der Waals surface area contributed by atoms with Crippen LogP contribution in [0.4, 0.5) is 4.79 Å². The SMILES string of the molecule is CC(C)COC(=O)N1CCCN(CCCN)CC1. The lowest BCUT2D eigenvalue weighted by atomic mass is 10.2. The summed E-state index contributed by atoms with van der Waals surface area (Å²) in [6, 6.07) is 0. The van der Waals surface area contributed by atoms with Crippen LogP contribution >= 0.6 is 0 Å². The number of amides is 1. The summed E-state index contributed by atoms with van der Waals surface area (Å²) in [6.07, 6.45) is 1.88. The quantitative estimate of drug-likeness (QED) is 0.802. The van der Waals surface area contributed by atoms with E-state index in [9.17, 15) is 4.79 Å². The molecule has 5 heteroatoms. The van der Waals surface area contributed by atoms with Crippen LogP contribution in [0.1, 0.15) is 26.7 Å². The number of ether oxygens (including phenoxy) is 1. The molecular weight excluding hydrogens is 230 g/mol. The summed E-state index contributed by atoms with van der Waals surface area (Å²) in [5.74, 6) is 0.391. The first-order chi connectivity index (χ1) is 8.63. The summed E-state index contributed by atoms with van der Waals surface area (Å²) in [5.41, 5.74) is 5.52. The molecule has 0 aromatic rings. The molecule has 1 aliphatic rings. The second kappa shape index (κ2) is 8.32. The van der Waals surface area contributed by atoms with Crippen molar-refractivity contribution in [2.75, 3.05) is 45.9 Å². The smallest absolute Gasteiger partial charge is 0.409 e. The first-order valence-corrected chi connectivity index (χ1v) is 6.97. The zero-order chi connectivity index (χ0) is 13.4. The fraction of sp³-hybridized carbons (Fsp3) is 0.923. The Balaban J connectivity index is 2.29. The van der Waals surface area contributed by atoms with Crippen molar-refractivity contribution in [1.29, 1.82) is 0 Å². The minimum Gasteiger partial charge on any atom is -0.449 e. The van der Waals surface area contributed by atoms with E-state index in [1.807, 2.05) is 18.7 Å². The number of nitrogens with two attached hydrogens (primary N) is 1. The number of rotatable bonds is 5. The Labute approximate surface area is 110 Å². The molecule has 1 fully saturated rings. The van der Waals surface area contributed by atoms with E-state index in [-0.39, 0.29) is 6.09 Å². The average molecular weight is 257 g/mol. The summed E-state index contributed by atoms with van der Waals surface area (Å²) in [4.78, 5) is 16.0. The fourth-order valence-corrected chi connectivity index (χ4v) is 2.02. The number of carbonyl (C=O) groups excluding carboxylic acids is 1. The van der Waals surface area contributed by atoms with Gasteiger partial charge in [-0.3, -0.25) is 0 Å². The van der Waals surface area contributed by atoms with Crippen molar-refractivity contribution in [2.24, 2.45) is 11.7 Å². The van der Waals surface area contributed by atoms with Crippen LogP contribution in [0.5, 0.6) is 0 Å². The maximum absolute atomic E-state index is 11.8. The minimum absolute atomic E-state index is 0.163. The van der Waals surface area contributed by atoms with E-state index in [2.05, 4.69) is 4.90 Å². The third kappa shape index (κ3) is 5.69. The van der Waals surface area contributed by atoms with Crippen LogP contribution in [0.3, 0.4) is 0 Å². The minimum atomic E-state index is -0.163. The van der Waals surface area contributed by atoms with Crippen LogP contribution in [0.25, 0.3) is 0 Å². The Bertz CT molecular complexity index is 246. The number of hydrogen-bond acceptors (Lipinski definition) is 4. The van der Waals surface area contributed by atoms with Gasteiger partial charge < -0.3 is 20.3 Å². The van der Waals surface area contributed by atoms with E-state index < -0.39 is 0 Å². The van der Waals surface area contributed by atoms with Crippen LogP contribution < -0.4 is 5.73 Å². The van der Waals surface area contributed by atoms with Crippen LogP contribution in [-0.4, -0.2) is 61.8 Å². The molecule has 18 heavy (non-hydrogen) atoms. The number of nitrogens with zero attached hydrogens (tertiary/aromatic N) is 2. The van der Waals surface area contributed by atoms with Crippen LogP contribution in [0.15, 0.2) is 0 Å². The second-order valence-corrected chi connectivity index (χ2v) is 5.30. The molecule has 0 aromatic heterocycles. The summed E-state index contributed by atoms with van der Waals surface area (Å²) >= 11 is 0. The second-order valence-electron chi connectivity index (χ2n) is 5.30. The van der Waals surface area contributed by atoms with Crippen LogP contribution in [0.2, 0.25) is 0 Å². The monoisotopic (exact) mass is 257 g/mol. The van der Waals surface area contributed by atoms with Gasteiger partial charge in [-0.1, -0.05) is 13.8 Å². The van der Waals surface area contributed by atoms with Gasteiger partial charge in [-0.2, -0.15) is 0 Å². The first-order valence-electron chi connectivity index (χ1n) is 6.97. The lowest BCUT2D eigenvalue weighted by Crippen LogP contribution is -2.36. The molecule has 0 unspecified atom stereocenters. The molecule has 0 aromatic carbocycles. The molecule has 0 saturated carbocycles. The van der Waals surface area contributed by atoms with Crippen molar-refractivity contribution in [3.8, 4) is 0 Å². The van der Waals surface area contributed by atoms with Crippen molar-refractivity contribution >= 4 is 6.09 Å². The summed E-state index contributed by atoms with van der Waals surface area (Å²) in [7, 11) is 0. The highest BCUT2D eigenvalue weighted by Crippen LogP contribution is 2.06. The van der Waals surface area contributed by atoms with Crippen molar-refractivity contribution < 1.29 is 9.53 Å². The van der Waals surface area contributed by atoms with Crippen molar-refractivity contribution in [1.82, 2.24) is 9.80 Å². The summed E-state index contributed by atoms with van der Waals surface area (Å²) in [5, 5.41) is 0. The molecule has 5 nitrogen and oxygen atoms in total. The average Bonchev–Trinajstić information content (AvgIpc) is 2.58. The van der Waals surface area contributed by atoms with Crippen LogP contribution in [0, 0.1) is 5.92 Å². The normalized spacial score (nSPS) is 17.9. The van der Waals surface area contributed by atoms with Gasteiger partial charge in [0.05, 0.1) is 6.61 Å². The van der Waals surface area contributed by atoms with Crippen molar-refractivity contribution in [2.45, 2.75) is 26.7 Å². The lowest BCUT2D eigenvalue weighted by molar-refractivity contribution is 0.0931. The third-order valence-electron chi connectivity index (χ3n) is 3.07. The highest BCUT2D eigenvalue weighted by Gasteiger charge is 2.19. The molecule has 0 bridgehead atoms. The Morgan fingerprint density at radius 3 is 2.72 bits per heavy atom. The first kappa shape index (κ1) is 15.2. The van der Waals surface area contributed by atoms with Gasteiger partial charge >= 0.3 is 6.09 Å². The Morgan fingerprint density at radius 2 is 2.06 bits per heavy atom. The number of carbonyl (C=O) groups is 1. The topological polar surface area (TPSA) is 58.8 Å². The zero-order valence-electron chi connectivity index (χ0n) is 11.7. The fourth-order valence-electron chi connectivity index (χ4n) is 2.02. The Kier molecular flexibility index (Phi) is 7.05. The van der Waals surface area contributed by atoms with Gasteiger partial charge in [-0.25, -0.2) is 4.79 Å². The number of hydrogen-bond donors (Lipinski definition) is 1. The molecule has 1 saturated heterocycles. The van der Waals surface area contributed by atoms with Gasteiger partial charge in [0.1, 0.15) is 0 Å². The van der Waals surface area contributed by atoms with Gasteiger partial charge in [0, 0.05) is 19.6 Å². The Hall–Kier alpha value is -0.810. The molecule has 1 aliphatic heterocycles. The van der Waals surface area contributed by atoms with E-state index in [1.165, 1.54) is 0 Å². The van der Waals surface area contributed by atoms with Gasteiger partial charge in [0.25, 0.3) is 0 Å². The highest BCUT2D eigenvalue weighted by molar-refractivity contribution is 5.67. The van der Waals surface area contributed by atoms with Crippen molar-refractivity contribution in [3.05, 3.63) is 0 Å². The predicted molar refractivity (Wildman–Crippen MR) is 72.5 cm³/mol. The molecule has 1 amide bonds. The van der Waals surface area contributed by atoms with E-state index >= 15 is 0 Å². The van der Waals surface area contributed by atoms with Gasteiger partial charge in [-0.15, -0.1) is 0 Å². The molecule has 1 rings (SSSR count).